The van der Waals surface area contributed by atoms with Crippen LogP contribution in [0.25, 0.3) is 11.1 Å². The molecule has 57 heavy (non-hydrogen) atoms. The Morgan fingerprint density at radius 1 is 0.982 bits per heavy atom. The number of rotatable bonds is 15. The van der Waals surface area contributed by atoms with Crippen molar-refractivity contribution in [3.05, 3.63) is 124 Å². The van der Waals surface area contributed by atoms with E-state index in [0.29, 0.717) is 16.9 Å². The molecule has 1 amide bonds. The zero-order valence-electron chi connectivity index (χ0n) is 32.8. The highest BCUT2D eigenvalue weighted by atomic mass is 32.2. The molecule has 4 aromatic rings. The maximum atomic E-state index is 14.2. The molecule has 0 unspecified atom stereocenters. The van der Waals surface area contributed by atoms with Crippen LogP contribution in [0.4, 0.5) is 4.79 Å². The van der Waals surface area contributed by atoms with E-state index in [1.165, 1.54) is 29.7 Å². The van der Waals surface area contributed by atoms with Crippen molar-refractivity contribution < 1.29 is 37.3 Å². The van der Waals surface area contributed by atoms with Gasteiger partial charge in [-0.25, -0.2) is 22.7 Å². The van der Waals surface area contributed by atoms with Gasteiger partial charge in [0.05, 0.1) is 18.6 Å². The average Bonchev–Trinajstić information content (AvgIpc) is 3.82. The zero-order valence-corrected chi connectivity index (χ0v) is 33.7. The minimum atomic E-state index is -4.05. The van der Waals surface area contributed by atoms with Crippen LogP contribution in [-0.4, -0.2) is 69.4 Å². The lowest BCUT2D eigenvalue weighted by Gasteiger charge is -2.30. The molecule has 12 nitrogen and oxygen atoms in total. The molecule has 0 aromatic heterocycles. The fraction of sp³-hybridized carbons (Fsp3) is 0.341. The molecule has 0 saturated heterocycles. The number of aromatic hydroxyl groups is 1. The van der Waals surface area contributed by atoms with Gasteiger partial charge in [0.1, 0.15) is 30.8 Å². The molecule has 0 spiro atoms. The first-order chi connectivity index (χ1) is 27.4. The van der Waals surface area contributed by atoms with Crippen LogP contribution >= 0.6 is 0 Å². The lowest BCUT2D eigenvalue weighted by Crippen LogP contribution is -2.46. The second-order valence-corrected chi connectivity index (χ2v) is 16.0. The largest absolute Gasteiger partial charge is 0.507 e. The lowest BCUT2D eigenvalue weighted by molar-refractivity contribution is -0.148. The Morgan fingerprint density at radius 3 is 2.26 bits per heavy atom. The molecule has 1 atom stereocenters. The van der Waals surface area contributed by atoms with E-state index < -0.39 is 28.1 Å². The van der Waals surface area contributed by atoms with Gasteiger partial charge in [0.15, 0.2) is 0 Å². The minimum absolute atomic E-state index is 0.00393. The predicted molar refractivity (Wildman–Crippen MR) is 219 cm³/mol. The number of carbonyl (C=O) groups is 2. The molecule has 4 aromatic carbocycles. The standard InChI is InChI=1S/C44H50N4O8S/c1-6-23-55-42(50)39(19-12-22-46-43(45)47-57(52,53)41-28(3)27(2)32-17-11-18-33(32)29(41)4)48(25-30-20-21-31(54-5)24-40(30)49)44(51)56-26-38-36-15-9-7-13-34(36)35-14-8-10-16-37(35)38/h6-10,13-16,20-21,24,38-39,49H,1,11-12,17-19,22-23,25-26H2,2-5H3,(H3,45,46,47)/t39-/m0/s1. The number of nitrogens with zero attached hydrogens (tertiary/aromatic N) is 2. The summed E-state index contributed by atoms with van der Waals surface area (Å²) in [6, 6.07) is 19.4. The number of methoxy groups -OCH3 is 1. The Balaban J connectivity index is 1.22. The number of carbonyl (C=O) groups excluding carboxylic acids is 2. The first-order valence-corrected chi connectivity index (χ1v) is 20.5. The van der Waals surface area contributed by atoms with Crippen LogP contribution in [0, 0.1) is 20.8 Å². The van der Waals surface area contributed by atoms with Crippen LogP contribution in [0.2, 0.25) is 0 Å². The van der Waals surface area contributed by atoms with E-state index in [0.717, 1.165) is 58.2 Å². The molecule has 2 aliphatic carbocycles. The van der Waals surface area contributed by atoms with Crippen molar-refractivity contribution in [3.63, 3.8) is 0 Å². The topological polar surface area (TPSA) is 170 Å². The summed E-state index contributed by atoms with van der Waals surface area (Å²) >= 11 is 0. The second-order valence-electron chi connectivity index (χ2n) is 14.4. The van der Waals surface area contributed by atoms with Crippen molar-refractivity contribution in [1.29, 1.82) is 0 Å². The zero-order chi connectivity index (χ0) is 40.9. The van der Waals surface area contributed by atoms with E-state index in [1.54, 1.807) is 12.1 Å². The number of sulfonamides is 1. The van der Waals surface area contributed by atoms with Crippen LogP contribution in [0.3, 0.4) is 0 Å². The fourth-order valence-electron chi connectivity index (χ4n) is 8.10. The third-order valence-corrected chi connectivity index (χ3v) is 12.6. The van der Waals surface area contributed by atoms with Gasteiger partial charge in [-0.1, -0.05) is 61.2 Å². The summed E-state index contributed by atoms with van der Waals surface area (Å²) in [6.45, 7) is 8.94. The summed E-state index contributed by atoms with van der Waals surface area (Å²) in [7, 11) is -2.58. The highest BCUT2D eigenvalue weighted by Gasteiger charge is 2.35. The number of nitrogens with one attached hydrogen (secondary N) is 1. The predicted octanol–water partition coefficient (Wildman–Crippen LogP) is 6.74. The minimum Gasteiger partial charge on any atom is -0.507 e. The second kappa shape index (κ2) is 17.5. The average molecular weight is 795 g/mol. The number of esters is 1. The number of phenols is 1. The van der Waals surface area contributed by atoms with Crippen LogP contribution in [0.5, 0.6) is 11.5 Å². The first-order valence-electron chi connectivity index (χ1n) is 19.1. The Hall–Kier alpha value is -5.82. The Labute approximate surface area is 334 Å². The van der Waals surface area contributed by atoms with Crippen LogP contribution < -0.4 is 15.2 Å². The third kappa shape index (κ3) is 8.63. The van der Waals surface area contributed by atoms with Crippen molar-refractivity contribution in [3.8, 4) is 22.6 Å². The van der Waals surface area contributed by atoms with Crippen molar-refractivity contribution >= 4 is 28.0 Å². The van der Waals surface area contributed by atoms with Crippen LogP contribution in [-0.2, 0) is 43.7 Å². The summed E-state index contributed by atoms with van der Waals surface area (Å²) in [5.41, 5.74) is 15.3. The molecular formula is C44H50N4O8S. The molecule has 0 bridgehead atoms. The fourth-order valence-corrected chi connectivity index (χ4v) is 9.62. The SMILES string of the molecule is C=CCOC(=O)[C@H](CCCN=C(N)NS(=O)(=O)c1c(C)c(C)c2c(c1C)CCC2)N(Cc1ccc(OC)cc1O)C(=O)OCC1c2ccccc2-c2ccccc21. The number of fused-ring (bicyclic) bond motifs is 4. The molecule has 6 rings (SSSR count). The lowest BCUT2D eigenvalue weighted by atomic mass is 9.95. The van der Waals surface area contributed by atoms with Gasteiger partial charge >= 0.3 is 12.1 Å². The number of phenolic OH excluding ortho intramolecular Hbond substituents is 1. The van der Waals surface area contributed by atoms with Crippen LogP contribution in [0.1, 0.15) is 69.7 Å². The highest BCUT2D eigenvalue weighted by Crippen LogP contribution is 2.44. The Kier molecular flexibility index (Phi) is 12.6. The van der Waals surface area contributed by atoms with E-state index in [-0.39, 0.29) is 61.7 Å². The van der Waals surface area contributed by atoms with E-state index in [2.05, 4.69) is 16.3 Å². The summed E-state index contributed by atoms with van der Waals surface area (Å²) in [4.78, 5) is 33.6. The van der Waals surface area contributed by atoms with E-state index in [1.807, 2.05) is 69.3 Å². The number of aliphatic imine (C=N–C) groups is 1. The van der Waals surface area contributed by atoms with Crippen LogP contribution in [0.15, 0.2) is 89.3 Å². The monoisotopic (exact) mass is 794 g/mol. The smallest absolute Gasteiger partial charge is 0.410 e. The van der Waals surface area contributed by atoms with E-state index in [4.69, 9.17) is 19.9 Å². The molecule has 0 aliphatic heterocycles. The van der Waals surface area contributed by atoms with Gasteiger partial charge in [-0.2, -0.15) is 0 Å². The number of benzene rings is 4. The number of hydrogen-bond acceptors (Lipinski definition) is 9. The number of hydrogen-bond donors (Lipinski definition) is 3. The number of guanidine groups is 1. The van der Waals surface area contributed by atoms with Gasteiger partial charge in [-0.3, -0.25) is 9.89 Å². The third-order valence-electron chi connectivity index (χ3n) is 11.0. The maximum Gasteiger partial charge on any atom is 0.410 e. The molecule has 0 fully saturated rings. The van der Waals surface area contributed by atoms with Crippen molar-refractivity contribution in [2.24, 2.45) is 10.7 Å². The van der Waals surface area contributed by atoms with Crippen molar-refractivity contribution in [2.45, 2.75) is 76.3 Å². The molecule has 13 heteroatoms. The van der Waals surface area contributed by atoms with E-state index in [9.17, 15) is 23.1 Å². The van der Waals surface area contributed by atoms with Gasteiger partial charge in [0.2, 0.25) is 5.96 Å². The molecule has 2 aliphatic rings. The molecular weight excluding hydrogens is 745 g/mol. The maximum absolute atomic E-state index is 14.2. The molecule has 0 saturated carbocycles. The number of amides is 1. The van der Waals surface area contributed by atoms with Gasteiger partial charge in [0, 0.05) is 24.1 Å². The van der Waals surface area contributed by atoms with Crippen molar-refractivity contribution in [1.82, 2.24) is 9.62 Å². The Bertz CT molecular complexity index is 2280. The first kappa shape index (κ1) is 40.8. The molecule has 0 radical (unpaired) electrons. The number of ether oxygens (including phenoxy) is 3. The molecule has 300 valence electrons. The van der Waals surface area contributed by atoms with Gasteiger partial charge in [-0.05, 0) is 115 Å². The Morgan fingerprint density at radius 2 is 1.63 bits per heavy atom. The summed E-state index contributed by atoms with van der Waals surface area (Å²) in [5.74, 6) is -0.981. The quantitative estimate of drug-likeness (QED) is 0.0388. The normalized spacial score (nSPS) is 13.9. The van der Waals surface area contributed by atoms with Crippen molar-refractivity contribution in [2.75, 3.05) is 26.9 Å². The number of nitrogens with two attached hydrogens (primary N) is 1. The highest BCUT2D eigenvalue weighted by molar-refractivity contribution is 7.90. The van der Waals surface area contributed by atoms with Gasteiger partial charge in [-0.15, -0.1) is 0 Å². The van der Waals surface area contributed by atoms with E-state index >= 15 is 0 Å². The van der Waals surface area contributed by atoms with Gasteiger partial charge < -0.3 is 25.1 Å². The van der Waals surface area contributed by atoms with Gasteiger partial charge in [0.25, 0.3) is 10.0 Å². The summed E-state index contributed by atoms with van der Waals surface area (Å²) in [5, 5.41) is 10.9. The molecule has 4 N–H and O–H groups in total. The molecule has 0 heterocycles. The summed E-state index contributed by atoms with van der Waals surface area (Å²) < 4.78 is 46.5. The summed E-state index contributed by atoms with van der Waals surface area (Å²) in [6.07, 6.45) is 3.62.